The van der Waals surface area contributed by atoms with Crippen molar-refractivity contribution >= 4 is 28.8 Å². The largest absolute Gasteiger partial charge is 0.495 e. The van der Waals surface area contributed by atoms with Crippen LogP contribution in [0.15, 0.2) is 41.1 Å². The van der Waals surface area contributed by atoms with Crippen molar-refractivity contribution in [3.8, 4) is 5.75 Å². The lowest BCUT2D eigenvalue weighted by Gasteiger charge is -2.11. The minimum atomic E-state index is 0.420. The molecule has 0 amide bonds. The molecular formula is C11H11N3O2S. The average molecular weight is 249 g/mol. The van der Waals surface area contributed by atoms with Gasteiger partial charge in [0.2, 0.25) is 0 Å². The molecule has 88 valence electrons. The van der Waals surface area contributed by atoms with Crippen molar-refractivity contribution in [3.05, 3.63) is 36.6 Å². The monoisotopic (exact) mass is 249 g/mol. The van der Waals surface area contributed by atoms with Crippen molar-refractivity contribution in [2.24, 2.45) is 0 Å². The van der Waals surface area contributed by atoms with E-state index in [1.54, 1.807) is 13.2 Å². The standard InChI is InChI=1S/C11H11N3O2S/c1-15-9-5-3-2-4-8(9)12-11(17)13-10-6-7-16-14-10/h2-7H,1H3,(H2,12,13,14,17). The van der Waals surface area contributed by atoms with Gasteiger partial charge in [-0.25, -0.2) is 0 Å². The maximum Gasteiger partial charge on any atom is 0.176 e. The molecule has 1 aromatic heterocycles. The Morgan fingerprint density at radius 2 is 2.12 bits per heavy atom. The minimum absolute atomic E-state index is 0.420. The molecule has 2 rings (SSSR count). The van der Waals surface area contributed by atoms with Gasteiger partial charge in [-0.1, -0.05) is 17.3 Å². The molecule has 5 nitrogen and oxygen atoms in total. The zero-order valence-electron chi connectivity index (χ0n) is 9.14. The Kier molecular flexibility index (Phi) is 3.56. The van der Waals surface area contributed by atoms with Crippen LogP contribution in [0.3, 0.4) is 0 Å². The third-order valence-electron chi connectivity index (χ3n) is 2.03. The SMILES string of the molecule is COc1ccccc1NC(=S)Nc1ccon1. The van der Waals surface area contributed by atoms with Crippen LogP contribution in [0.5, 0.6) is 5.75 Å². The second kappa shape index (κ2) is 5.31. The molecule has 0 saturated heterocycles. The predicted octanol–water partition coefficient (Wildman–Crippen LogP) is 2.49. The van der Waals surface area contributed by atoms with Gasteiger partial charge in [-0.15, -0.1) is 0 Å². The van der Waals surface area contributed by atoms with Crippen molar-refractivity contribution in [3.63, 3.8) is 0 Å². The molecule has 0 radical (unpaired) electrons. The Bertz CT molecular complexity index is 499. The van der Waals surface area contributed by atoms with Crippen LogP contribution in [0, 0.1) is 0 Å². The van der Waals surface area contributed by atoms with Crippen molar-refractivity contribution in [1.82, 2.24) is 5.16 Å². The molecule has 0 aliphatic carbocycles. The molecular weight excluding hydrogens is 238 g/mol. The highest BCUT2D eigenvalue weighted by Crippen LogP contribution is 2.23. The number of benzene rings is 1. The van der Waals surface area contributed by atoms with Gasteiger partial charge in [0.05, 0.1) is 12.8 Å². The Balaban J connectivity index is 2.03. The second-order valence-corrected chi connectivity index (χ2v) is 3.57. The molecule has 2 aromatic rings. The fraction of sp³-hybridized carbons (Fsp3) is 0.0909. The van der Waals surface area contributed by atoms with Gasteiger partial charge >= 0.3 is 0 Å². The van der Waals surface area contributed by atoms with E-state index in [-0.39, 0.29) is 0 Å². The van der Waals surface area contributed by atoms with Crippen LogP contribution >= 0.6 is 12.2 Å². The van der Waals surface area contributed by atoms with E-state index in [1.807, 2.05) is 24.3 Å². The van der Waals surface area contributed by atoms with Crippen molar-refractivity contribution in [2.45, 2.75) is 0 Å². The third kappa shape index (κ3) is 2.94. The maximum absolute atomic E-state index is 5.20. The molecule has 0 aliphatic rings. The number of hydrogen-bond acceptors (Lipinski definition) is 4. The zero-order valence-corrected chi connectivity index (χ0v) is 9.95. The maximum atomic E-state index is 5.20. The quantitative estimate of drug-likeness (QED) is 0.815. The summed E-state index contributed by atoms with van der Waals surface area (Å²) in [5.74, 6) is 1.27. The van der Waals surface area contributed by atoms with Crippen LogP contribution in [0.1, 0.15) is 0 Å². The van der Waals surface area contributed by atoms with Crippen LogP contribution in [0.25, 0.3) is 0 Å². The lowest BCUT2D eigenvalue weighted by molar-refractivity contribution is 0.417. The summed E-state index contributed by atoms with van der Waals surface area (Å²) in [4.78, 5) is 0. The van der Waals surface area contributed by atoms with Crippen LogP contribution in [0.4, 0.5) is 11.5 Å². The van der Waals surface area contributed by atoms with Gasteiger partial charge < -0.3 is 19.9 Å². The highest BCUT2D eigenvalue weighted by molar-refractivity contribution is 7.80. The molecule has 17 heavy (non-hydrogen) atoms. The molecule has 0 spiro atoms. The van der Waals surface area contributed by atoms with E-state index in [0.29, 0.717) is 10.9 Å². The van der Waals surface area contributed by atoms with E-state index >= 15 is 0 Å². The molecule has 0 fully saturated rings. The fourth-order valence-electron chi connectivity index (χ4n) is 1.29. The van der Waals surface area contributed by atoms with Gasteiger partial charge in [-0.3, -0.25) is 0 Å². The number of nitrogens with zero attached hydrogens (tertiary/aromatic N) is 1. The van der Waals surface area contributed by atoms with Gasteiger partial charge in [-0.2, -0.15) is 0 Å². The number of anilines is 2. The molecule has 0 unspecified atom stereocenters. The lowest BCUT2D eigenvalue weighted by Crippen LogP contribution is -2.19. The first kappa shape index (κ1) is 11.4. The molecule has 0 atom stereocenters. The first-order chi connectivity index (χ1) is 8.29. The number of methoxy groups -OCH3 is 1. The Labute approximate surface area is 104 Å². The molecule has 0 bridgehead atoms. The normalized spacial score (nSPS) is 9.71. The molecule has 1 aromatic carbocycles. The highest BCUT2D eigenvalue weighted by Gasteiger charge is 2.04. The Hall–Kier alpha value is -2.08. The number of para-hydroxylation sites is 2. The number of rotatable bonds is 3. The summed E-state index contributed by atoms with van der Waals surface area (Å²) >= 11 is 5.13. The van der Waals surface area contributed by atoms with Crippen molar-refractivity contribution < 1.29 is 9.26 Å². The summed E-state index contributed by atoms with van der Waals surface area (Å²) in [5.41, 5.74) is 0.788. The topological polar surface area (TPSA) is 59.3 Å². The fourth-order valence-corrected chi connectivity index (χ4v) is 1.51. The van der Waals surface area contributed by atoms with Gasteiger partial charge in [-0.05, 0) is 24.4 Å². The van der Waals surface area contributed by atoms with E-state index < -0.39 is 0 Å². The summed E-state index contributed by atoms with van der Waals surface area (Å²) < 4.78 is 9.88. The van der Waals surface area contributed by atoms with E-state index in [9.17, 15) is 0 Å². The minimum Gasteiger partial charge on any atom is -0.495 e. The Morgan fingerprint density at radius 3 is 2.82 bits per heavy atom. The average Bonchev–Trinajstić information content (AvgIpc) is 2.82. The smallest absolute Gasteiger partial charge is 0.176 e. The molecule has 0 aliphatic heterocycles. The summed E-state index contributed by atoms with van der Waals surface area (Å²) in [7, 11) is 1.61. The first-order valence-corrected chi connectivity index (χ1v) is 5.32. The predicted molar refractivity (Wildman–Crippen MR) is 69.3 cm³/mol. The zero-order chi connectivity index (χ0) is 12.1. The highest BCUT2D eigenvalue weighted by atomic mass is 32.1. The van der Waals surface area contributed by atoms with E-state index in [2.05, 4.69) is 20.3 Å². The number of thiocarbonyl (C=S) groups is 1. The molecule has 6 heteroatoms. The van der Waals surface area contributed by atoms with Gasteiger partial charge in [0.15, 0.2) is 10.9 Å². The van der Waals surface area contributed by atoms with Crippen molar-refractivity contribution in [1.29, 1.82) is 0 Å². The number of ether oxygens (including phenoxy) is 1. The lowest BCUT2D eigenvalue weighted by atomic mass is 10.3. The van der Waals surface area contributed by atoms with Crippen LogP contribution < -0.4 is 15.4 Å². The van der Waals surface area contributed by atoms with Crippen molar-refractivity contribution in [2.75, 3.05) is 17.7 Å². The number of nitrogens with one attached hydrogen (secondary N) is 2. The van der Waals surface area contributed by atoms with E-state index in [0.717, 1.165) is 11.4 Å². The van der Waals surface area contributed by atoms with E-state index in [4.69, 9.17) is 17.0 Å². The van der Waals surface area contributed by atoms with Gasteiger partial charge in [0.1, 0.15) is 12.0 Å². The van der Waals surface area contributed by atoms with Crippen LogP contribution in [-0.4, -0.2) is 17.4 Å². The summed E-state index contributed by atoms with van der Waals surface area (Å²) in [6, 6.07) is 9.18. The molecule has 2 N–H and O–H groups in total. The second-order valence-electron chi connectivity index (χ2n) is 3.16. The third-order valence-corrected chi connectivity index (χ3v) is 2.24. The van der Waals surface area contributed by atoms with Crippen LogP contribution in [0.2, 0.25) is 0 Å². The Morgan fingerprint density at radius 1 is 1.29 bits per heavy atom. The van der Waals surface area contributed by atoms with Crippen LogP contribution in [-0.2, 0) is 0 Å². The summed E-state index contributed by atoms with van der Waals surface area (Å²) in [6.07, 6.45) is 1.47. The summed E-state index contributed by atoms with van der Waals surface area (Å²) in [5, 5.41) is 10.0. The molecule has 0 saturated carbocycles. The van der Waals surface area contributed by atoms with E-state index in [1.165, 1.54) is 6.26 Å². The molecule has 1 heterocycles. The number of aromatic nitrogens is 1. The van der Waals surface area contributed by atoms with Gasteiger partial charge in [0, 0.05) is 6.07 Å². The summed E-state index contributed by atoms with van der Waals surface area (Å²) in [6.45, 7) is 0. The number of hydrogen-bond donors (Lipinski definition) is 2. The van der Waals surface area contributed by atoms with Gasteiger partial charge in [0.25, 0.3) is 0 Å². The first-order valence-electron chi connectivity index (χ1n) is 4.91.